The van der Waals surface area contributed by atoms with Crippen LogP contribution < -0.4 is 5.32 Å². The van der Waals surface area contributed by atoms with Gasteiger partial charge in [-0.15, -0.1) is 0 Å². The van der Waals surface area contributed by atoms with Crippen LogP contribution in [0.2, 0.25) is 0 Å². The summed E-state index contributed by atoms with van der Waals surface area (Å²) in [7, 11) is 0. The molecule has 0 aromatic heterocycles. The molecule has 1 saturated heterocycles. The van der Waals surface area contributed by atoms with Gasteiger partial charge in [-0.2, -0.15) is 0 Å². The van der Waals surface area contributed by atoms with Gasteiger partial charge in [-0.25, -0.2) is 0 Å². The van der Waals surface area contributed by atoms with Crippen LogP contribution >= 0.6 is 0 Å². The van der Waals surface area contributed by atoms with Gasteiger partial charge in [0.2, 0.25) is 0 Å². The smallest absolute Gasteiger partial charge is 0.0593 e. The van der Waals surface area contributed by atoms with Gasteiger partial charge in [0.15, 0.2) is 0 Å². The molecule has 1 unspecified atom stereocenters. The summed E-state index contributed by atoms with van der Waals surface area (Å²) in [5.41, 5.74) is 1.42. The lowest BCUT2D eigenvalue weighted by molar-refractivity contribution is 0.0764. The van der Waals surface area contributed by atoms with Gasteiger partial charge in [0.1, 0.15) is 0 Å². The number of hydrogen-bond acceptors (Lipinski definition) is 3. The van der Waals surface area contributed by atoms with Crippen molar-refractivity contribution in [1.82, 2.24) is 10.2 Å². The molecule has 112 valence electrons. The first-order chi connectivity index (χ1) is 9.74. The number of ether oxygens (including phenoxy) is 1. The summed E-state index contributed by atoms with van der Waals surface area (Å²) in [5.74, 6) is 0.629. The van der Waals surface area contributed by atoms with Crippen LogP contribution in [0.3, 0.4) is 0 Å². The molecule has 0 aliphatic carbocycles. The zero-order valence-corrected chi connectivity index (χ0v) is 12.8. The predicted molar refractivity (Wildman–Crippen MR) is 84.0 cm³/mol. The van der Waals surface area contributed by atoms with Crippen molar-refractivity contribution in [3.05, 3.63) is 35.9 Å². The molecule has 2 rings (SSSR count). The number of nitrogens with one attached hydrogen (secondary N) is 1. The van der Waals surface area contributed by atoms with Crippen molar-refractivity contribution in [3.8, 4) is 0 Å². The topological polar surface area (TPSA) is 24.5 Å². The van der Waals surface area contributed by atoms with E-state index in [9.17, 15) is 0 Å². The van der Waals surface area contributed by atoms with Crippen molar-refractivity contribution in [2.45, 2.75) is 26.3 Å². The Balaban J connectivity index is 1.69. The van der Waals surface area contributed by atoms with E-state index in [0.717, 1.165) is 45.8 Å². The summed E-state index contributed by atoms with van der Waals surface area (Å²) in [6.07, 6.45) is 1.12. The summed E-state index contributed by atoms with van der Waals surface area (Å²) in [6.45, 7) is 10.5. The van der Waals surface area contributed by atoms with Crippen LogP contribution in [0.4, 0.5) is 0 Å². The number of hydrogen-bond donors (Lipinski definition) is 1. The van der Waals surface area contributed by atoms with Crippen molar-refractivity contribution >= 4 is 0 Å². The molecule has 3 nitrogen and oxygen atoms in total. The third-order valence-electron chi connectivity index (χ3n) is 3.67. The molecule has 1 aromatic rings. The predicted octanol–water partition coefficient (Wildman–Crippen LogP) is 2.18. The third-order valence-corrected chi connectivity index (χ3v) is 3.67. The molecule has 0 amide bonds. The largest absolute Gasteiger partial charge is 0.380 e. The van der Waals surface area contributed by atoms with Crippen LogP contribution in [0.15, 0.2) is 30.3 Å². The van der Waals surface area contributed by atoms with Crippen LogP contribution in [-0.2, 0) is 11.2 Å². The number of nitrogens with zero attached hydrogens (tertiary/aromatic N) is 1. The van der Waals surface area contributed by atoms with Gasteiger partial charge in [0.25, 0.3) is 0 Å². The fourth-order valence-corrected chi connectivity index (χ4v) is 2.65. The Kier molecular flexibility index (Phi) is 6.51. The van der Waals surface area contributed by atoms with E-state index >= 15 is 0 Å². The van der Waals surface area contributed by atoms with E-state index in [2.05, 4.69) is 54.4 Å². The summed E-state index contributed by atoms with van der Waals surface area (Å²) in [6, 6.07) is 11.3. The minimum Gasteiger partial charge on any atom is -0.380 e. The van der Waals surface area contributed by atoms with Gasteiger partial charge in [-0.1, -0.05) is 44.2 Å². The van der Waals surface area contributed by atoms with Crippen LogP contribution in [0, 0.1) is 5.92 Å². The SMILES string of the molecule is CC(C)COCCN1CCNC(Cc2ccccc2)C1. The maximum atomic E-state index is 5.69. The van der Waals surface area contributed by atoms with E-state index < -0.39 is 0 Å². The Morgan fingerprint density at radius 1 is 1.30 bits per heavy atom. The molecule has 0 bridgehead atoms. The van der Waals surface area contributed by atoms with Gasteiger partial charge >= 0.3 is 0 Å². The van der Waals surface area contributed by atoms with Crippen molar-refractivity contribution in [3.63, 3.8) is 0 Å². The molecule has 0 spiro atoms. The Labute approximate surface area is 123 Å². The lowest BCUT2D eigenvalue weighted by Gasteiger charge is -2.33. The Morgan fingerprint density at radius 3 is 2.85 bits per heavy atom. The second-order valence-electron chi connectivity index (χ2n) is 6.11. The summed E-state index contributed by atoms with van der Waals surface area (Å²) < 4.78 is 5.69. The highest BCUT2D eigenvalue weighted by atomic mass is 16.5. The van der Waals surface area contributed by atoms with Crippen LogP contribution in [0.1, 0.15) is 19.4 Å². The molecule has 0 radical (unpaired) electrons. The zero-order valence-electron chi connectivity index (χ0n) is 12.8. The van der Waals surface area contributed by atoms with Crippen molar-refractivity contribution in [2.24, 2.45) is 5.92 Å². The molecule has 1 fully saturated rings. The molecule has 1 N–H and O–H groups in total. The van der Waals surface area contributed by atoms with E-state index in [4.69, 9.17) is 4.74 Å². The fraction of sp³-hybridized carbons (Fsp3) is 0.647. The first-order valence-electron chi connectivity index (χ1n) is 7.81. The first kappa shape index (κ1) is 15.5. The minimum atomic E-state index is 0.566. The molecular weight excluding hydrogens is 248 g/mol. The standard InChI is InChI=1S/C17H28N2O/c1-15(2)14-20-11-10-19-9-8-18-17(13-19)12-16-6-4-3-5-7-16/h3-7,15,17-18H,8-14H2,1-2H3. The Morgan fingerprint density at radius 2 is 2.10 bits per heavy atom. The van der Waals surface area contributed by atoms with Gasteiger partial charge in [-0.3, -0.25) is 4.90 Å². The highest BCUT2D eigenvalue weighted by Gasteiger charge is 2.19. The van der Waals surface area contributed by atoms with Crippen LogP contribution in [0.5, 0.6) is 0 Å². The van der Waals surface area contributed by atoms with Gasteiger partial charge in [0, 0.05) is 38.8 Å². The van der Waals surface area contributed by atoms with Crippen LogP contribution in [0.25, 0.3) is 0 Å². The second-order valence-corrected chi connectivity index (χ2v) is 6.11. The monoisotopic (exact) mass is 276 g/mol. The molecule has 1 aromatic carbocycles. The van der Waals surface area contributed by atoms with Crippen molar-refractivity contribution in [2.75, 3.05) is 39.4 Å². The number of benzene rings is 1. The normalized spacial score (nSPS) is 20.4. The molecular formula is C17H28N2O. The molecule has 1 heterocycles. The van der Waals surface area contributed by atoms with Gasteiger partial charge in [0.05, 0.1) is 6.61 Å². The van der Waals surface area contributed by atoms with Crippen molar-refractivity contribution < 1.29 is 4.74 Å². The fourth-order valence-electron chi connectivity index (χ4n) is 2.65. The highest BCUT2D eigenvalue weighted by Crippen LogP contribution is 2.07. The maximum absolute atomic E-state index is 5.69. The number of piperazine rings is 1. The van der Waals surface area contributed by atoms with E-state index in [1.165, 1.54) is 5.56 Å². The minimum absolute atomic E-state index is 0.566. The Bertz CT molecular complexity index is 367. The first-order valence-corrected chi connectivity index (χ1v) is 7.81. The molecule has 1 aliphatic heterocycles. The van der Waals surface area contributed by atoms with E-state index in [0.29, 0.717) is 12.0 Å². The summed E-state index contributed by atoms with van der Waals surface area (Å²) in [4.78, 5) is 2.52. The molecule has 3 heteroatoms. The highest BCUT2D eigenvalue weighted by molar-refractivity contribution is 5.16. The van der Waals surface area contributed by atoms with Gasteiger partial charge in [-0.05, 0) is 17.9 Å². The summed E-state index contributed by atoms with van der Waals surface area (Å²) >= 11 is 0. The van der Waals surface area contributed by atoms with E-state index in [1.807, 2.05) is 0 Å². The van der Waals surface area contributed by atoms with E-state index in [-0.39, 0.29) is 0 Å². The Hall–Kier alpha value is -0.900. The van der Waals surface area contributed by atoms with E-state index in [1.54, 1.807) is 0 Å². The summed E-state index contributed by atoms with van der Waals surface area (Å²) in [5, 5.41) is 3.62. The molecule has 1 atom stereocenters. The zero-order chi connectivity index (χ0) is 14.2. The number of rotatable bonds is 7. The average molecular weight is 276 g/mol. The van der Waals surface area contributed by atoms with Crippen molar-refractivity contribution in [1.29, 1.82) is 0 Å². The van der Waals surface area contributed by atoms with Crippen LogP contribution in [-0.4, -0.2) is 50.3 Å². The average Bonchev–Trinajstić information content (AvgIpc) is 2.45. The quantitative estimate of drug-likeness (QED) is 0.773. The molecule has 20 heavy (non-hydrogen) atoms. The molecule has 0 saturated carbocycles. The maximum Gasteiger partial charge on any atom is 0.0593 e. The van der Waals surface area contributed by atoms with Gasteiger partial charge < -0.3 is 10.1 Å². The lowest BCUT2D eigenvalue weighted by Crippen LogP contribution is -2.52. The third kappa shape index (κ3) is 5.61. The lowest BCUT2D eigenvalue weighted by atomic mass is 10.0. The second kappa shape index (κ2) is 8.40. The molecule has 1 aliphatic rings.